The first-order chi connectivity index (χ1) is 12.2. The number of rotatable bonds is 3. The second kappa shape index (κ2) is 8.28. The molecule has 0 aromatic carbocycles. The number of nitrogens with zero attached hydrogens (tertiary/aromatic N) is 3. The van der Waals surface area contributed by atoms with Gasteiger partial charge in [0.25, 0.3) is 5.91 Å². The zero-order valence-corrected chi connectivity index (χ0v) is 16.0. The van der Waals surface area contributed by atoms with Gasteiger partial charge >= 0.3 is 0 Å². The Bertz CT molecular complexity index is 809. The van der Waals surface area contributed by atoms with E-state index in [2.05, 4.69) is 20.3 Å². The number of aromatic nitrogens is 3. The summed E-state index contributed by atoms with van der Waals surface area (Å²) in [5.41, 5.74) is 6.96. The Kier molecular flexibility index (Phi) is 6.05. The molecule has 1 aliphatic heterocycles. The van der Waals surface area contributed by atoms with Crippen molar-refractivity contribution >= 4 is 46.9 Å². The molecule has 26 heavy (non-hydrogen) atoms. The van der Waals surface area contributed by atoms with Gasteiger partial charge in [0, 0.05) is 36.8 Å². The lowest BCUT2D eigenvalue weighted by atomic mass is 9.91. The van der Waals surface area contributed by atoms with Crippen LogP contribution in [0.5, 0.6) is 0 Å². The smallest absolute Gasteiger partial charge is 0.259 e. The standard InChI is InChI=1S/C17H22N6OS.ClH/c18-12-3-1-2-4-13(12)22-17(24)14-9-23(7-8-25-14)16-11-5-6-19-15(11)20-10-21-16;/h5-6,9-10,12-13H,1-4,7-8,18H2,(H,22,24)(H,19,20,21);1H/t12-,13-;/m1./s1. The molecule has 0 bridgehead atoms. The average Bonchev–Trinajstić information content (AvgIpc) is 3.12. The third kappa shape index (κ3) is 3.82. The van der Waals surface area contributed by atoms with Crippen LogP contribution in [0.4, 0.5) is 5.82 Å². The second-order valence-electron chi connectivity index (χ2n) is 6.50. The molecule has 2 atom stereocenters. The number of halogens is 1. The number of fused-ring (bicyclic) bond motifs is 1. The van der Waals surface area contributed by atoms with Gasteiger partial charge in [0.2, 0.25) is 0 Å². The van der Waals surface area contributed by atoms with Crippen LogP contribution in [-0.4, -0.2) is 45.2 Å². The molecule has 0 radical (unpaired) electrons. The van der Waals surface area contributed by atoms with Crippen LogP contribution >= 0.6 is 24.2 Å². The lowest BCUT2D eigenvalue weighted by Gasteiger charge is -2.31. The van der Waals surface area contributed by atoms with E-state index < -0.39 is 0 Å². The van der Waals surface area contributed by atoms with Crippen LogP contribution in [0.1, 0.15) is 25.7 Å². The highest BCUT2D eigenvalue weighted by molar-refractivity contribution is 8.04. The van der Waals surface area contributed by atoms with Crippen molar-refractivity contribution in [1.29, 1.82) is 0 Å². The lowest BCUT2D eigenvalue weighted by Crippen LogP contribution is -2.49. The van der Waals surface area contributed by atoms with Crippen LogP contribution in [0.25, 0.3) is 11.0 Å². The minimum absolute atomic E-state index is 0. The second-order valence-corrected chi connectivity index (χ2v) is 7.64. The highest BCUT2D eigenvalue weighted by Crippen LogP contribution is 2.29. The predicted molar refractivity (Wildman–Crippen MR) is 107 cm³/mol. The van der Waals surface area contributed by atoms with Gasteiger partial charge in [-0.25, -0.2) is 9.97 Å². The third-order valence-corrected chi connectivity index (χ3v) is 5.82. The van der Waals surface area contributed by atoms with E-state index in [4.69, 9.17) is 5.73 Å². The topological polar surface area (TPSA) is 99.9 Å². The van der Waals surface area contributed by atoms with Gasteiger partial charge in [-0.05, 0) is 18.9 Å². The Balaban J connectivity index is 0.00000196. The van der Waals surface area contributed by atoms with Crippen LogP contribution in [0.2, 0.25) is 0 Å². The van der Waals surface area contributed by atoms with Crippen molar-refractivity contribution in [3.05, 3.63) is 29.7 Å². The Morgan fingerprint density at radius 2 is 2.19 bits per heavy atom. The van der Waals surface area contributed by atoms with E-state index in [1.807, 2.05) is 23.4 Å². The number of nitrogens with two attached hydrogens (primary N) is 1. The molecule has 1 aliphatic carbocycles. The van der Waals surface area contributed by atoms with Gasteiger partial charge < -0.3 is 20.9 Å². The predicted octanol–water partition coefficient (Wildman–Crippen LogP) is 2.16. The van der Waals surface area contributed by atoms with Crippen LogP contribution in [0, 0.1) is 0 Å². The van der Waals surface area contributed by atoms with Crippen LogP contribution in [-0.2, 0) is 4.79 Å². The molecule has 0 unspecified atom stereocenters. The number of anilines is 1. The molecule has 7 nitrogen and oxygen atoms in total. The highest BCUT2D eigenvalue weighted by atomic mass is 35.5. The van der Waals surface area contributed by atoms with Crippen molar-refractivity contribution in [2.45, 2.75) is 37.8 Å². The van der Waals surface area contributed by atoms with Crippen molar-refractivity contribution in [3.63, 3.8) is 0 Å². The first-order valence-electron chi connectivity index (χ1n) is 8.68. The van der Waals surface area contributed by atoms with Crippen molar-refractivity contribution in [2.24, 2.45) is 5.73 Å². The summed E-state index contributed by atoms with van der Waals surface area (Å²) in [6.07, 6.45) is 9.52. The number of thioether (sulfide) groups is 1. The number of aromatic amines is 1. The normalized spacial score (nSPS) is 23.3. The molecular formula is C17H23ClN6OS. The highest BCUT2D eigenvalue weighted by Gasteiger charge is 2.26. The number of hydrogen-bond donors (Lipinski definition) is 3. The molecule has 3 heterocycles. The summed E-state index contributed by atoms with van der Waals surface area (Å²) >= 11 is 1.58. The Labute approximate surface area is 162 Å². The van der Waals surface area contributed by atoms with Crippen LogP contribution in [0.15, 0.2) is 29.7 Å². The van der Waals surface area contributed by atoms with Gasteiger partial charge in [0.05, 0.1) is 10.3 Å². The Morgan fingerprint density at radius 3 is 3.04 bits per heavy atom. The molecular weight excluding hydrogens is 372 g/mol. The van der Waals surface area contributed by atoms with Crippen LogP contribution in [0.3, 0.4) is 0 Å². The van der Waals surface area contributed by atoms with Gasteiger partial charge in [-0.1, -0.05) is 12.8 Å². The first kappa shape index (κ1) is 19.0. The molecule has 2 aromatic heterocycles. The summed E-state index contributed by atoms with van der Waals surface area (Å²) in [6, 6.07) is 2.10. The van der Waals surface area contributed by atoms with E-state index in [9.17, 15) is 4.79 Å². The van der Waals surface area contributed by atoms with Crippen molar-refractivity contribution in [3.8, 4) is 0 Å². The van der Waals surface area contributed by atoms with Gasteiger partial charge in [0.15, 0.2) is 0 Å². The minimum atomic E-state index is -0.0311. The molecule has 0 spiro atoms. The molecule has 4 N–H and O–H groups in total. The number of hydrogen-bond acceptors (Lipinski definition) is 6. The maximum absolute atomic E-state index is 12.7. The number of amides is 1. The third-order valence-electron chi connectivity index (χ3n) is 4.83. The molecule has 0 saturated heterocycles. The summed E-state index contributed by atoms with van der Waals surface area (Å²) < 4.78 is 0. The summed E-state index contributed by atoms with van der Waals surface area (Å²) in [6.45, 7) is 0.807. The van der Waals surface area contributed by atoms with Gasteiger partial charge in [-0.2, -0.15) is 0 Å². The summed E-state index contributed by atoms with van der Waals surface area (Å²) in [5, 5.41) is 4.08. The number of carbonyl (C=O) groups excluding carboxylic acids is 1. The Morgan fingerprint density at radius 1 is 1.35 bits per heavy atom. The molecule has 1 amide bonds. The van der Waals surface area contributed by atoms with Crippen LogP contribution < -0.4 is 16.0 Å². The SMILES string of the molecule is Cl.N[C@@H]1CCCC[C@H]1NC(=O)C1=CN(c2ncnc3[nH]ccc23)CCS1. The largest absolute Gasteiger partial charge is 0.347 e. The Hall–Kier alpha value is -1.77. The molecule has 1 fully saturated rings. The molecule has 9 heteroatoms. The summed E-state index contributed by atoms with van der Waals surface area (Å²) in [4.78, 5) is 27.2. The van der Waals surface area contributed by atoms with E-state index in [0.29, 0.717) is 4.91 Å². The summed E-state index contributed by atoms with van der Waals surface area (Å²) in [5.74, 6) is 1.63. The molecule has 2 aromatic rings. The van der Waals surface area contributed by atoms with E-state index in [-0.39, 0.29) is 30.4 Å². The van der Waals surface area contributed by atoms with Gasteiger partial charge in [-0.15, -0.1) is 24.2 Å². The molecule has 1 saturated carbocycles. The molecule has 140 valence electrons. The van der Waals surface area contributed by atoms with Gasteiger partial charge in [-0.3, -0.25) is 4.79 Å². The lowest BCUT2D eigenvalue weighted by molar-refractivity contribution is -0.117. The molecule has 2 aliphatic rings. The quantitative estimate of drug-likeness (QED) is 0.737. The number of nitrogens with one attached hydrogen (secondary N) is 2. The minimum Gasteiger partial charge on any atom is -0.347 e. The zero-order chi connectivity index (χ0) is 17.2. The fourth-order valence-electron chi connectivity index (χ4n) is 3.45. The summed E-state index contributed by atoms with van der Waals surface area (Å²) in [7, 11) is 0. The average molecular weight is 395 g/mol. The van der Waals surface area contributed by atoms with E-state index in [1.54, 1.807) is 18.1 Å². The van der Waals surface area contributed by atoms with E-state index in [0.717, 1.165) is 54.8 Å². The maximum Gasteiger partial charge on any atom is 0.259 e. The van der Waals surface area contributed by atoms with Crippen molar-refractivity contribution in [1.82, 2.24) is 20.3 Å². The van der Waals surface area contributed by atoms with E-state index >= 15 is 0 Å². The number of carbonyl (C=O) groups is 1. The zero-order valence-electron chi connectivity index (χ0n) is 14.4. The monoisotopic (exact) mass is 394 g/mol. The van der Waals surface area contributed by atoms with Crippen molar-refractivity contribution < 1.29 is 4.79 Å². The van der Waals surface area contributed by atoms with Crippen molar-refractivity contribution in [2.75, 3.05) is 17.2 Å². The fraction of sp³-hybridized carbons (Fsp3) is 0.471. The van der Waals surface area contributed by atoms with Gasteiger partial charge in [0.1, 0.15) is 17.8 Å². The molecule has 4 rings (SSSR count). The fourth-order valence-corrected chi connectivity index (χ4v) is 4.35. The number of H-pyrrole nitrogens is 1. The first-order valence-corrected chi connectivity index (χ1v) is 9.67. The maximum atomic E-state index is 12.7. The van der Waals surface area contributed by atoms with E-state index in [1.165, 1.54) is 0 Å².